The lowest BCUT2D eigenvalue weighted by Crippen LogP contribution is -2.35. The van der Waals surface area contributed by atoms with Crippen LogP contribution in [0.5, 0.6) is 0 Å². The number of likely N-dealkylation sites (tertiary alicyclic amines) is 1. The topological polar surface area (TPSA) is 91.1 Å². The van der Waals surface area contributed by atoms with Crippen molar-refractivity contribution >= 4 is 28.4 Å². The van der Waals surface area contributed by atoms with Gasteiger partial charge in [0.05, 0.1) is 6.54 Å². The molecule has 0 aliphatic carbocycles. The molecule has 0 saturated carbocycles. The third kappa shape index (κ3) is 3.71. The minimum Gasteiger partial charge on any atom is -0.480 e. The Morgan fingerprint density at radius 2 is 1.91 bits per heavy atom. The van der Waals surface area contributed by atoms with Crippen molar-refractivity contribution in [2.24, 2.45) is 0 Å². The molecule has 0 amide bonds. The minimum absolute atomic E-state index is 0. The molecule has 0 spiro atoms. The first-order chi connectivity index (χ1) is 10.5. The summed E-state index contributed by atoms with van der Waals surface area (Å²) in [6.07, 6.45) is 3.20. The van der Waals surface area contributed by atoms with Crippen molar-refractivity contribution in [1.29, 1.82) is 0 Å². The molecule has 0 radical (unpaired) electrons. The highest BCUT2D eigenvalue weighted by Crippen LogP contribution is 2.25. The molecule has 0 aromatic carbocycles. The van der Waals surface area contributed by atoms with Crippen LogP contribution in [0.1, 0.15) is 31.4 Å². The van der Waals surface area contributed by atoms with Crippen molar-refractivity contribution in [2.75, 3.05) is 19.6 Å². The average molecular weight is 365 g/mol. The first-order valence-electron chi connectivity index (χ1n) is 7.54. The molecule has 1 aromatic rings. The maximum absolute atomic E-state index is 12.4. The Hall–Kier alpha value is -1.09. The number of aliphatic carboxylic acids is 1. The third-order valence-electron chi connectivity index (χ3n) is 4.30. The summed E-state index contributed by atoms with van der Waals surface area (Å²) < 4.78 is 31.7. The lowest BCUT2D eigenvalue weighted by molar-refractivity contribution is -0.142. The number of hydrogen-bond donors (Lipinski definition) is 1. The summed E-state index contributed by atoms with van der Waals surface area (Å²) >= 11 is 0. The molecule has 0 unspecified atom stereocenters. The number of furan rings is 1. The summed E-state index contributed by atoms with van der Waals surface area (Å²) in [5, 5.41) is 9.12. The molecule has 1 atom stereocenters. The summed E-state index contributed by atoms with van der Waals surface area (Å²) in [7, 11) is -3.55. The van der Waals surface area contributed by atoms with Crippen molar-refractivity contribution in [1.82, 2.24) is 9.21 Å². The zero-order valence-corrected chi connectivity index (χ0v) is 14.3. The molecular formula is C14H21ClN2O5S. The van der Waals surface area contributed by atoms with Crippen molar-refractivity contribution in [3.8, 4) is 0 Å². The maximum atomic E-state index is 12.4. The normalized spacial score (nSPS) is 23.0. The smallest absolute Gasteiger partial charge is 0.320 e. The summed E-state index contributed by atoms with van der Waals surface area (Å²) in [5.41, 5.74) is 0. The van der Waals surface area contributed by atoms with Crippen LogP contribution in [-0.4, -0.2) is 54.4 Å². The fraction of sp³-hybridized carbons (Fsp3) is 0.643. The van der Waals surface area contributed by atoms with Gasteiger partial charge in [0, 0.05) is 13.1 Å². The monoisotopic (exact) mass is 364 g/mol. The van der Waals surface area contributed by atoms with Gasteiger partial charge >= 0.3 is 5.97 Å². The Morgan fingerprint density at radius 3 is 2.57 bits per heavy atom. The largest absolute Gasteiger partial charge is 0.480 e. The van der Waals surface area contributed by atoms with Gasteiger partial charge in [-0.3, -0.25) is 9.69 Å². The van der Waals surface area contributed by atoms with Crippen LogP contribution in [0.4, 0.5) is 0 Å². The van der Waals surface area contributed by atoms with E-state index < -0.39 is 22.0 Å². The van der Waals surface area contributed by atoms with Crippen molar-refractivity contribution in [2.45, 2.75) is 43.4 Å². The maximum Gasteiger partial charge on any atom is 0.320 e. The van der Waals surface area contributed by atoms with Crippen LogP contribution in [0.25, 0.3) is 0 Å². The van der Waals surface area contributed by atoms with E-state index in [0.29, 0.717) is 38.4 Å². The van der Waals surface area contributed by atoms with Gasteiger partial charge in [-0.25, -0.2) is 8.42 Å². The molecular weight excluding hydrogens is 344 g/mol. The zero-order valence-electron chi connectivity index (χ0n) is 12.7. The average Bonchev–Trinajstić information content (AvgIpc) is 3.21. The van der Waals surface area contributed by atoms with Gasteiger partial charge in [0.1, 0.15) is 11.8 Å². The second-order valence-corrected chi connectivity index (χ2v) is 7.67. The number of carboxylic acid groups (broad SMARTS) is 1. The SMILES string of the molecule is Cl.O=C(O)[C@@H]1CCCN1Cc1ccc(S(=O)(=O)N2CCCC2)o1. The van der Waals surface area contributed by atoms with Crippen LogP contribution in [0.3, 0.4) is 0 Å². The molecule has 2 aliphatic heterocycles. The Morgan fingerprint density at radius 1 is 1.22 bits per heavy atom. The van der Waals surface area contributed by atoms with E-state index in [4.69, 9.17) is 9.52 Å². The second-order valence-electron chi connectivity index (χ2n) is 5.80. The van der Waals surface area contributed by atoms with Crippen LogP contribution < -0.4 is 0 Å². The molecule has 1 aromatic heterocycles. The second kappa shape index (κ2) is 7.21. The fourth-order valence-electron chi connectivity index (χ4n) is 3.13. The van der Waals surface area contributed by atoms with Gasteiger partial charge in [-0.1, -0.05) is 0 Å². The standard InChI is InChI=1S/C14H20N2O5S.ClH/c17-14(18)12-4-3-7-15(12)10-11-5-6-13(21-11)22(19,20)16-8-1-2-9-16;/h5-6,12H,1-4,7-10H2,(H,17,18);1H/t12-;/m0./s1. The van der Waals surface area contributed by atoms with Crippen LogP contribution in [0.2, 0.25) is 0 Å². The van der Waals surface area contributed by atoms with Crippen LogP contribution >= 0.6 is 12.4 Å². The number of sulfonamides is 1. The van der Waals surface area contributed by atoms with E-state index in [2.05, 4.69) is 0 Å². The molecule has 3 heterocycles. The summed E-state index contributed by atoms with van der Waals surface area (Å²) in [4.78, 5) is 13.0. The molecule has 2 aliphatic rings. The number of carboxylic acids is 1. The number of nitrogens with zero attached hydrogens (tertiary/aromatic N) is 2. The predicted molar refractivity (Wildman–Crippen MR) is 85.0 cm³/mol. The Labute approximate surface area is 141 Å². The number of rotatable bonds is 5. The molecule has 1 N–H and O–H groups in total. The van der Waals surface area contributed by atoms with E-state index >= 15 is 0 Å². The van der Waals surface area contributed by atoms with E-state index in [-0.39, 0.29) is 17.5 Å². The van der Waals surface area contributed by atoms with Crippen molar-refractivity contribution < 1.29 is 22.7 Å². The lowest BCUT2D eigenvalue weighted by atomic mass is 10.2. The van der Waals surface area contributed by atoms with Crippen LogP contribution in [0, 0.1) is 0 Å². The van der Waals surface area contributed by atoms with Gasteiger partial charge in [-0.2, -0.15) is 4.31 Å². The first-order valence-corrected chi connectivity index (χ1v) is 8.98. The van der Waals surface area contributed by atoms with E-state index in [9.17, 15) is 13.2 Å². The van der Waals surface area contributed by atoms with Gasteiger partial charge in [-0.15, -0.1) is 12.4 Å². The molecule has 3 rings (SSSR count). The van der Waals surface area contributed by atoms with E-state index in [1.807, 2.05) is 4.90 Å². The molecule has 7 nitrogen and oxygen atoms in total. The molecule has 0 bridgehead atoms. The number of halogens is 1. The zero-order chi connectivity index (χ0) is 15.7. The first kappa shape index (κ1) is 18.3. The number of carbonyl (C=O) groups is 1. The summed E-state index contributed by atoms with van der Waals surface area (Å²) in [6, 6.07) is 2.58. The Kier molecular flexibility index (Phi) is 5.72. The van der Waals surface area contributed by atoms with Gasteiger partial charge < -0.3 is 9.52 Å². The van der Waals surface area contributed by atoms with Gasteiger partial charge in [0.25, 0.3) is 10.0 Å². The minimum atomic E-state index is -3.55. The third-order valence-corrected chi connectivity index (χ3v) is 6.08. The molecule has 9 heteroatoms. The lowest BCUT2D eigenvalue weighted by Gasteiger charge is -2.19. The highest BCUT2D eigenvalue weighted by atomic mass is 35.5. The molecule has 23 heavy (non-hydrogen) atoms. The molecule has 2 fully saturated rings. The van der Waals surface area contributed by atoms with E-state index in [1.54, 1.807) is 6.07 Å². The van der Waals surface area contributed by atoms with Gasteiger partial charge in [-0.05, 0) is 44.4 Å². The van der Waals surface area contributed by atoms with Crippen LogP contribution in [-0.2, 0) is 21.4 Å². The summed E-state index contributed by atoms with van der Waals surface area (Å²) in [6.45, 7) is 2.08. The molecule has 2 saturated heterocycles. The van der Waals surface area contributed by atoms with E-state index in [1.165, 1.54) is 10.4 Å². The van der Waals surface area contributed by atoms with Crippen LogP contribution in [0.15, 0.2) is 21.6 Å². The highest BCUT2D eigenvalue weighted by molar-refractivity contribution is 7.89. The quantitative estimate of drug-likeness (QED) is 0.852. The highest BCUT2D eigenvalue weighted by Gasteiger charge is 2.33. The van der Waals surface area contributed by atoms with Crippen molar-refractivity contribution in [3.63, 3.8) is 0 Å². The summed E-state index contributed by atoms with van der Waals surface area (Å²) in [5.74, 6) is -0.347. The predicted octanol–water partition coefficient (Wildman–Crippen LogP) is 1.53. The van der Waals surface area contributed by atoms with Gasteiger partial charge in [0.2, 0.25) is 5.09 Å². The van der Waals surface area contributed by atoms with Crippen molar-refractivity contribution in [3.05, 3.63) is 17.9 Å². The Balaban J connectivity index is 0.00000192. The Bertz CT molecular complexity index is 654. The van der Waals surface area contributed by atoms with E-state index in [0.717, 1.165) is 19.3 Å². The number of hydrogen-bond acceptors (Lipinski definition) is 5. The molecule has 130 valence electrons. The van der Waals surface area contributed by atoms with Gasteiger partial charge in [0.15, 0.2) is 0 Å². The fourth-order valence-corrected chi connectivity index (χ4v) is 4.58.